The Morgan fingerprint density at radius 1 is 1.38 bits per heavy atom. The lowest BCUT2D eigenvalue weighted by Crippen LogP contribution is -2.39. The average molecular weight is 359 g/mol. The topological polar surface area (TPSA) is 64.7 Å². The molecule has 1 amide bonds. The Morgan fingerprint density at radius 2 is 2.19 bits per heavy atom. The molecule has 1 N–H and O–H groups in total. The van der Waals surface area contributed by atoms with E-state index in [4.69, 9.17) is 4.74 Å². The van der Waals surface area contributed by atoms with E-state index in [1.54, 1.807) is 12.0 Å². The number of likely N-dealkylation sites (N-methyl/N-ethyl adjacent to an activating group) is 2. The molecule has 2 aromatic rings. The summed E-state index contributed by atoms with van der Waals surface area (Å²) in [6.07, 6.45) is 1.84. The second kappa shape index (κ2) is 8.05. The molecule has 1 fully saturated rings. The lowest BCUT2D eigenvalue weighted by Gasteiger charge is -2.22. The van der Waals surface area contributed by atoms with Gasteiger partial charge in [-0.1, -0.05) is 0 Å². The maximum atomic E-state index is 12.5. The van der Waals surface area contributed by atoms with Gasteiger partial charge in [0.05, 0.1) is 24.7 Å². The molecule has 3 rings (SSSR count). The summed E-state index contributed by atoms with van der Waals surface area (Å²) in [6.45, 7) is 3.12. The van der Waals surface area contributed by atoms with Crippen molar-refractivity contribution < 1.29 is 9.53 Å². The summed E-state index contributed by atoms with van der Waals surface area (Å²) in [7, 11) is 7.73. The standard InChI is InChI=1S/C19H29N5O2/c1-22(2)14-7-10-24(12-14)13-19(25)23(3)9-8-18-20-16-6-5-15(26-4)11-17(16)21-18/h5-6,11,14H,7-10,12-13H2,1-4H3,(H,20,21). The number of rotatable bonds is 7. The molecule has 7 heteroatoms. The summed E-state index contributed by atoms with van der Waals surface area (Å²) in [5, 5.41) is 0. The van der Waals surface area contributed by atoms with Gasteiger partial charge in [-0.25, -0.2) is 4.98 Å². The fourth-order valence-corrected chi connectivity index (χ4v) is 3.37. The highest BCUT2D eigenvalue weighted by atomic mass is 16.5. The molecule has 0 spiro atoms. The zero-order valence-electron chi connectivity index (χ0n) is 16.2. The van der Waals surface area contributed by atoms with Crippen LogP contribution in [0.5, 0.6) is 5.75 Å². The number of likely N-dealkylation sites (tertiary alicyclic amines) is 1. The van der Waals surface area contributed by atoms with Gasteiger partial charge in [0, 0.05) is 45.2 Å². The third kappa shape index (κ3) is 4.34. The van der Waals surface area contributed by atoms with E-state index in [1.807, 2.05) is 25.2 Å². The molecule has 0 saturated carbocycles. The highest BCUT2D eigenvalue weighted by Gasteiger charge is 2.26. The number of hydrogen-bond donors (Lipinski definition) is 1. The second-order valence-corrected chi connectivity index (χ2v) is 7.27. The molecule has 1 atom stereocenters. The van der Waals surface area contributed by atoms with Gasteiger partial charge in [0.2, 0.25) is 5.91 Å². The van der Waals surface area contributed by atoms with Crippen molar-refractivity contribution in [3.8, 4) is 5.75 Å². The monoisotopic (exact) mass is 359 g/mol. The van der Waals surface area contributed by atoms with Gasteiger partial charge >= 0.3 is 0 Å². The van der Waals surface area contributed by atoms with E-state index in [-0.39, 0.29) is 5.91 Å². The van der Waals surface area contributed by atoms with Crippen molar-refractivity contribution in [2.24, 2.45) is 0 Å². The van der Waals surface area contributed by atoms with E-state index in [2.05, 4.69) is 33.9 Å². The zero-order valence-corrected chi connectivity index (χ0v) is 16.2. The summed E-state index contributed by atoms with van der Waals surface area (Å²) < 4.78 is 5.24. The first-order valence-electron chi connectivity index (χ1n) is 9.11. The molecule has 1 aromatic carbocycles. The average Bonchev–Trinajstić information content (AvgIpc) is 3.25. The minimum absolute atomic E-state index is 0.169. The third-order valence-corrected chi connectivity index (χ3v) is 5.18. The smallest absolute Gasteiger partial charge is 0.236 e. The summed E-state index contributed by atoms with van der Waals surface area (Å²) in [5.74, 6) is 1.87. The Labute approximate surface area is 154 Å². The SMILES string of the molecule is COc1ccc2nc(CCN(C)C(=O)CN3CCC(N(C)C)C3)[nH]c2c1. The van der Waals surface area contributed by atoms with Gasteiger partial charge in [-0.3, -0.25) is 9.69 Å². The van der Waals surface area contributed by atoms with Gasteiger partial charge in [0.25, 0.3) is 0 Å². The zero-order chi connectivity index (χ0) is 18.7. The quantitative estimate of drug-likeness (QED) is 0.805. The van der Waals surface area contributed by atoms with Crippen molar-refractivity contribution in [1.82, 2.24) is 24.7 Å². The molecular weight excluding hydrogens is 330 g/mol. The molecule has 1 aromatic heterocycles. The van der Waals surface area contributed by atoms with Crippen LogP contribution in [0.1, 0.15) is 12.2 Å². The van der Waals surface area contributed by atoms with Gasteiger partial charge in [0.15, 0.2) is 0 Å². The maximum absolute atomic E-state index is 12.5. The van der Waals surface area contributed by atoms with Gasteiger partial charge in [-0.15, -0.1) is 0 Å². The van der Waals surface area contributed by atoms with Crippen LogP contribution in [0.15, 0.2) is 18.2 Å². The number of hydrogen-bond acceptors (Lipinski definition) is 5. The van der Waals surface area contributed by atoms with E-state index in [0.29, 0.717) is 25.6 Å². The predicted molar refractivity (Wildman–Crippen MR) is 103 cm³/mol. The number of carbonyl (C=O) groups excluding carboxylic acids is 1. The molecule has 1 saturated heterocycles. The lowest BCUT2D eigenvalue weighted by atomic mass is 10.2. The van der Waals surface area contributed by atoms with Crippen molar-refractivity contribution >= 4 is 16.9 Å². The predicted octanol–water partition coefficient (Wildman–Crippen LogP) is 1.21. The van der Waals surface area contributed by atoms with Gasteiger partial charge < -0.3 is 19.5 Å². The largest absolute Gasteiger partial charge is 0.497 e. The van der Waals surface area contributed by atoms with E-state index in [1.165, 1.54) is 0 Å². The van der Waals surface area contributed by atoms with Crippen LogP contribution >= 0.6 is 0 Å². The maximum Gasteiger partial charge on any atom is 0.236 e. The van der Waals surface area contributed by atoms with Crippen LogP contribution in [-0.4, -0.2) is 91.0 Å². The van der Waals surface area contributed by atoms with Crippen molar-refractivity contribution in [2.45, 2.75) is 18.9 Å². The molecule has 2 heterocycles. The van der Waals surface area contributed by atoms with Crippen LogP contribution < -0.4 is 4.74 Å². The molecule has 1 aliphatic heterocycles. The molecule has 0 bridgehead atoms. The summed E-state index contributed by atoms with van der Waals surface area (Å²) in [6, 6.07) is 6.34. The Bertz CT molecular complexity index is 757. The first-order valence-corrected chi connectivity index (χ1v) is 9.11. The van der Waals surface area contributed by atoms with Crippen LogP contribution in [-0.2, 0) is 11.2 Å². The lowest BCUT2D eigenvalue weighted by molar-refractivity contribution is -0.130. The van der Waals surface area contributed by atoms with Crippen molar-refractivity contribution in [3.63, 3.8) is 0 Å². The molecular formula is C19H29N5O2. The highest BCUT2D eigenvalue weighted by molar-refractivity contribution is 5.78. The Kier molecular flexibility index (Phi) is 5.78. The summed E-state index contributed by atoms with van der Waals surface area (Å²) >= 11 is 0. The van der Waals surface area contributed by atoms with Crippen LogP contribution in [0.4, 0.5) is 0 Å². The van der Waals surface area contributed by atoms with Crippen LogP contribution in [0, 0.1) is 0 Å². The minimum Gasteiger partial charge on any atom is -0.497 e. The Morgan fingerprint density at radius 3 is 2.88 bits per heavy atom. The van der Waals surface area contributed by atoms with Crippen molar-refractivity contribution in [3.05, 3.63) is 24.0 Å². The highest BCUT2D eigenvalue weighted by Crippen LogP contribution is 2.19. The number of fused-ring (bicyclic) bond motifs is 1. The Balaban J connectivity index is 1.50. The number of carbonyl (C=O) groups is 1. The molecule has 0 aliphatic carbocycles. The van der Waals surface area contributed by atoms with Crippen LogP contribution in [0.25, 0.3) is 11.0 Å². The number of benzene rings is 1. The molecule has 142 valence electrons. The molecule has 1 unspecified atom stereocenters. The first kappa shape index (κ1) is 18.7. The summed E-state index contributed by atoms with van der Waals surface area (Å²) in [5.41, 5.74) is 1.88. The van der Waals surface area contributed by atoms with Crippen LogP contribution in [0.3, 0.4) is 0 Å². The normalized spacial score (nSPS) is 18.0. The fourth-order valence-electron chi connectivity index (χ4n) is 3.37. The van der Waals surface area contributed by atoms with E-state index < -0.39 is 0 Å². The number of methoxy groups -OCH3 is 1. The summed E-state index contributed by atoms with van der Waals surface area (Å²) in [4.78, 5) is 26.7. The van der Waals surface area contributed by atoms with E-state index >= 15 is 0 Å². The number of ether oxygens (including phenoxy) is 1. The third-order valence-electron chi connectivity index (χ3n) is 5.18. The van der Waals surface area contributed by atoms with Crippen molar-refractivity contribution in [2.75, 3.05) is 54.4 Å². The molecule has 1 aliphatic rings. The van der Waals surface area contributed by atoms with Gasteiger partial charge in [-0.05, 0) is 32.6 Å². The number of H-pyrrole nitrogens is 1. The Hall–Kier alpha value is -2.12. The number of aromatic amines is 1. The van der Waals surface area contributed by atoms with Gasteiger partial charge in [0.1, 0.15) is 11.6 Å². The number of nitrogens with zero attached hydrogens (tertiary/aromatic N) is 4. The number of imidazole rings is 1. The number of nitrogens with one attached hydrogen (secondary N) is 1. The number of aromatic nitrogens is 2. The van der Waals surface area contributed by atoms with E-state index in [0.717, 1.165) is 42.1 Å². The molecule has 26 heavy (non-hydrogen) atoms. The van der Waals surface area contributed by atoms with Crippen LogP contribution in [0.2, 0.25) is 0 Å². The molecule has 0 radical (unpaired) electrons. The first-order chi connectivity index (χ1) is 12.5. The minimum atomic E-state index is 0.169. The van der Waals surface area contributed by atoms with Gasteiger partial charge in [-0.2, -0.15) is 0 Å². The fraction of sp³-hybridized carbons (Fsp3) is 0.579. The van der Waals surface area contributed by atoms with E-state index in [9.17, 15) is 4.79 Å². The van der Waals surface area contributed by atoms with Crippen molar-refractivity contribution in [1.29, 1.82) is 0 Å². The number of amides is 1. The second-order valence-electron chi connectivity index (χ2n) is 7.27. The molecule has 7 nitrogen and oxygen atoms in total.